The molecule has 0 spiro atoms. The van der Waals surface area contributed by atoms with Crippen molar-refractivity contribution in [2.24, 2.45) is 5.92 Å². The molecule has 0 fully saturated rings. The summed E-state index contributed by atoms with van der Waals surface area (Å²) < 4.78 is 2.32. The van der Waals surface area contributed by atoms with Crippen molar-refractivity contribution in [3.8, 4) is 0 Å². The molecule has 0 saturated heterocycles. The van der Waals surface area contributed by atoms with Crippen LogP contribution >= 0.6 is 23.1 Å². The zero-order valence-corrected chi connectivity index (χ0v) is 18.7. The number of carbonyl (C=O) groups excluding carboxylic acids is 2. The SMILES string of the molecule is CC(=O)Nc1ccc(NC(=O)CSc2nc3ccsc3c(=O)n2CCC(C)C)cc1. The minimum atomic E-state index is -0.192. The second kappa shape index (κ2) is 9.90. The molecular weight excluding hydrogens is 420 g/mol. The Hall–Kier alpha value is -2.65. The number of thiophene rings is 1. The summed E-state index contributed by atoms with van der Waals surface area (Å²) in [7, 11) is 0. The number of hydrogen-bond acceptors (Lipinski definition) is 6. The molecule has 2 N–H and O–H groups in total. The van der Waals surface area contributed by atoms with Gasteiger partial charge in [-0.15, -0.1) is 11.3 Å². The quantitative estimate of drug-likeness (QED) is 0.401. The van der Waals surface area contributed by atoms with E-state index in [1.165, 1.54) is 30.0 Å². The topological polar surface area (TPSA) is 93.1 Å². The van der Waals surface area contributed by atoms with Crippen LogP contribution in [-0.4, -0.2) is 27.1 Å². The molecule has 0 unspecified atom stereocenters. The van der Waals surface area contributed by atoms with Gasteiger partial charge in [-0.1, -0.05) is 25.6 Å². The molecule has 0 radical (unpaired) electrons. The molecule has 0 aliphatic carbocycles. The Labute approximate surface area is 182 Å². The van der Waals surface area contributed by atoms with Crippen LogP contribution in [0.5, 0.6) is 0 Å². The van der Waals surface area contributed by atoms with Crippen molar-refractivity contribution < 1.29 is 9.59 Å². The van der Waals surface area contributed by atoms with Gasteiger partial charge >= 0.3 is 0 Å². The van der Waals surface area contributed by atoms with E-state index < -0.39 is 0 Å². The molecule has 0 aliphatic heterocycles. The van der Waals surface area contributed by atoms with Gasteiger partial charge in [0.05, 0.1) is 11.3 Å². The van der Waals surface area contributed by atoms with Crippen LogP contribution in [0.3, 0.4) is 0 Å². The predicted molar refractivity (Wildman–Crippen MR) is 123 cm³/mol. The number of amides is 2. The second-order valence-corrected chi connectivity index (χ2v) is 9.12. The highest BCUT2D eigenvalue weighted by atomic mass is 32.2. The van der Waals surface area contributed by atoms with Gasteiger partial charge in [-0.25, -0.2) is 4.98 Å². The first kappa shape index (κ1) is 22.0. The Balaban J connectivity index is 1.69. The van der Waals surface area contributed by atoms with Crippen molar-refractivity contribution >= 4 is 56.5 Å². The maximum Gasteiger partial charge on any atom is 0.272 e. The fourth-order valence-corrected chi connectivity index (χ4v) is 4.39. The Bertz CT molecular complexity index is 1100. The highest BCUT2D eigenvalue weighted by Crippen LogP contribution is 2.22. The minimum absolute atomic E-state index is 0.0490. The van der Waals surface area contributed by atoms with E-state index in [1.807, 2.05) is 11.4 Å². The first-order valence-electron chi connectivity index (χ1n) is 9.62. The fourth-order valence-electron chi connectivity index (χ4n) is 2.79. The summed E-state index contributed by atoms with van der Waals surface area (Å²) in [5, 5.41) is 7.92. The van der Waals surface area contributed by atoms with Gasteiger partial charge in [-0.3, -0.25) is 19.0 Å². The van der Waals surface area contributed by atoms with E-state index in [4.69, 9.17) is 0 Å². The van der Waals surface area contributed by atoms with Crippen molar-refractivity contribution in [2.45, 2.75) is 38.9 Å². The van der Waals surface area contributed by atoms with Crippen LogP contribution in [0.2, 0.25) is 0 Å². The van der Waals surface area contributed by atoms with Crippen molar-refractivity contribution in [1.29, 1.82) is 0 Å². The Morgan fingerprint density at radius 3 is 2.43 bits per heavy atom. The first-order chi connectivity index (χ1) is 14.3. The van der Waals surface area contributed by atoms with Gasteiger partial charge in [0.1, 0.15) is 4.70 Å². The third-order valence-corrected chi connectivity index (χ3v) is 6.15. The summed E-state index contributed by atoms with van der Waals surface area (Å²) in [6.07, 6.45) is 0.860. The average Bonchev–Trinajstić information content (AvgIpc) is 3.15. The highest BCUT2D eigenvalue weighted by Gasteiger charge is 2.14. The third-order valence-electron chi connectivity index (χ3n) is 4.28. The first-order valence-corrected chi connectivity index (χ1v) is 11.5. The van der Waals surface area contributed by atoms with Gasteiger partial charge in [0.15, 0.2) is 5.16 Å². The van der Waals surface area contributed by atoms with E-state index in [1.54, 1.807) is 28.8 Å². The van der Waals surface area contributed by atoms with Gasteiger partial charge in [0.2, 0.25) is 11.8 Å². The van der Waals surface area contributed by atoms with Gasteiger partial charge < -0.3 is 10.6 Å². The number of anilines is 2. The zero-order valence-electron chi connectivity index (χ0n) is 17.1. The number of thioether (sulfide) groups is 1. The number of fused-ring (bicyclic) bond motifs is 1. The zero-order chi connectivity index (χ0) is 21.7. The van der Waals surface area contributed by atoms with Crippen LogP contribution in [0.15, 0.2) is 45.7 Å². The molecule has 0 saturated carbocycles. The lowest BCUT2D eigenvalue weighted by atomic mass is 10.1. The van der Waals surface area contributed by atoms with Gasteiger partial charge in [0.25, 0.3) is 5.56 Å². The lowest BCUT2D eigenvalue weighted by Crippen LogP contribution is -2.24. The van der Waals surface area contributed by atoms with Crippen molar-refractivity contribution in [3.63, 3.8) is 0 Å². The van der Waals surface area contributed by atoms with Gasteiger partial charge in [0, 0.05) is 24.8 Å². The fraction of sp³-hybridized carbons (Fsp3) is 0.333. The van der Waals surface area contributed by atoms with E-state index in [-0.39, 0.29) is 23.1 Å². The Morgan fingerprint density at radius 2 is 1.80 bits per heavy atom. The van der Waals surface area contributed by atoms with Gasteiger partial charge in [-0.2, -0.15) is 0 Å². The van der Waals surface area contributed by atoms with Crippen LogP contribution in [0.4, 0.5) is 11.4 Å². The smallest absolute Gasteiger partial charge is 0.272 e. The molecule has 0 aliphatic rings. The molecule has 1 aromatic carbocycles. The average molecular weight is 445 g/mol. The highest BCUT2D eigenvalue weighted by molar-refractivity contribution is 7.99. The Morgan fingerprint density at radius 1 is 1.13 bits per heavy atom. The summed E-state index contributed by atoms with van der Waals surface area (Å²) in [4.78, 5) is 41.0. The largest absolute Gasteiger partial charge is 0.326 e. The van der Waals surface area contributed by atoms with E-state index in [2.05, 4.69) is 29.5 Å². The normalized spacial score (nSPS) is 11.1. The van der Waals surface area contributed by atoms with E-state index in [0.717, 1.165) is 6.42 Å². The lowest BCUT2D eigenvalue weighted by molar-refractivity contribution is -0.114. The maximum absolute atomic E-state index is 12.9. The lowest BCUT2D eigenvalue weighted by Gasteiger charge is -2.13. The molecule has 0 atom stereocenters. The molecule has 9 heteroatoms. The van der Waals surface area contributed by atoms with Crippen molar-refractivity contribution in [3.05, 3.63) is 46.1 Å². The molecular formula is C21H24N4O3S2. The summed E-state index contributed by atoms with van der Waals surface area (Å²) in [5.41, 5.74) is 1.92. The monoisotopic (exact) mass is 444 g/mol. The summed E-state index contributed by atoms with van der Waals surface area (Å²) in [6.45, 7) is 6.24. The van der Waals surface area contributed by atoms with Crippen LogP contribution in [-0.2, 0) is 16.1 Å². The van der Waals surface area contributed by atoms with Crippen LogP contribution in [0.25, 0.3) is 10.2 Å². The molecule has 158 valence electrons. The van der Waals surface area contributed by atoms with Crippen LogP contribution in [0.1, 0.15) is 27.2 Å². The third kappa shape index (κ3) is 5.70. The number of hydrogen-bond donors (Lipinski definition) is 2. The molecule has 2 amide bonds. The van der Waals surface area contributed by atoms with Crippen molar-refractivity contribution in [2.75, 3.05) is 16.4 Å². The van der Waals surface area contributed by atoms with E-state index in [0.29, 0.717) is 39.2 Å². The van der Waals surface area contributed by atoms with Gasteiger partial charge in [-0.05, 0) is 48.1 Å². The number of rotatable bonds is 8. The molecule has 7 nitrogen and oxygen atoms in total. The van der Waals surface area contributed by atoms with Crippen molar-refractivity contribution in [1.82, 2.24) is 9.55 Å². The molecule has 2 heterocycles. The molecule has 30 heavy (non-hydrogen) atoms. The van der Waals surface area contributed by atoms with E-state index in [9.17, 15) is 14.4 Å². The predicted octanol–water partition coefficient (Wildman–Crippen LogP) is 4.19. The maximum atomic E-state index is 12.9. The van der Waals surface area contributed by atoms with Crippen LogP contribution in [0, 0.1) is 5.92 Å². The summed E-state index contributed by atoms with van der Waals surface area (Å²) >= 11 is 2.65. The number of aromatic nitrogens is 2. The summed E-state index contributed by atoms with van der Waals surface area (Å²) in [5.74, 6) is 0.249. The van der Waals surface area contributed by atoms with Crippen LogP contribution < -0.4 is 16.2 Å². The number of benzene rings is 1. The standard InChI is InChI=1S/C21H24N4O3S2/c1-13(2)8-10-25-20(28)19-17(9-11-29-19)24-21(25)30-12-18(27)23-16-6-4-15(5-7-16)22-14(3)26/h4-7,9,11,13H,8,10,12H2,1-3H3,(H,22,26)(H,23,27). The molecule has 3 aromatic rings. The Kier molecular flexibility index (Phi) is 7.28. The van der Waals surface area contributed by atoms with E-state index >= 15 is 0 Å². The molecule has 2 aromatic heterocycles. The molecule has 3 rings (SSSR count). The number of nitrogens with one attached hydrogen (secondary N) is 2. The molecule has 0 bridgehead atoms. The minimum Gasteiger partial charge on any atom is -0.326 e. The second-order valence-electron chi connectivity index (χ2n) is 7.26. The number of nitrogens with zero attached hydrogens (tertiary/aromatic N) is 2. The number of carbonyl (C=O) groups is 2. The summed E-state index contributed by atoms with van der Waals surface area (Å²) in [6, 6.07) is 8.72.